The maximum absolute atomic E-state index is 13.7. The van der Waals surface area contributed by atoms with E-state index in [9.17, 15) is 9.18 Å². The maximum Gasteiger partial charge on any atom is 0.224 e. The Morgan fingerprint density at radius 1 is 1.52 bits per heavy atom. The van der Waals surface area contributed by atoms with Crippen molar-refractivity contribution in [1.29, 1.82) is 0 Å². The highest BCUT2D eigenvalue weighted by Gasteiger charge is 2.30. The van der Waals surface area contributed by atoms with Crippen molar-refractivity contribution in [3.63, 3.8) is 0 Å². The van der Waals surface area contributed by atoms with Crippen molar-refractivity contribution in [3.8, 4) is 5.75 Å². The summed E-state index contributed by atoms with van der Waals surface area (Å²) in [7, 11) is 1.43. The second-order valence-electron chi connectivity index (χ2n) is 5.58. The molecule has 1 unspecified atom stereocenters. The fourth-order valence-corrected chi connectivity index (χ4v) is 2.43. The number of nitrogens with two attached hydrogens (primary N) is 1. The van der Waals surface area contributed by atoms with Gasteiger partial charge in [0.25, 0.3) is 0 Å². The zero-order valence-corrected chi connectivity index (χ0v) is 12.6. The van der Waals surface area contributed by atoms with E-state index in [0.717, 1.165) is 18.4 Å². The zero-order chi connectivity index (χ0) is 15.4. The van der Waals surface area contributed by atoms with Crippen LogP contribution in [0.2, 0.25) is 0 Å². The van der Waals surface area contributed by atoms with Crippen molar-refractivity contribution in [2.75, 3.05) is 13.7 Å². The van der Waals surface area contributed by atoms with Crippen molar-refractivity contribution in [2.24, 2.45) is 11.7 Å². The molecule has 0 heterocycles. The van der Waals surface area contributed by atoms with Crippen LogP contribution in [0.15, 0.2) is 18.2 Å². The summed E-state index contributed by atoms with van der Waals surface area (Å²) in [6.07, 6.45) is 2.63. The summed E-state index contributed by atoms with van der Waals surface area (Å²) in [4.78, 5) is 14.0. The first-order valence-electron chi connectivity index (χ1n) is 7.41. The van der Waals surface area contributed by atoms with Crippen LogP contribution >= 0.6 is 0 Å². The number of methoxy groups -OCH3 is 1. The van der Waals surface area contributed by atoms with Crippen LogP contribution in [0.1, 0.15) is 31.7 Å². The molecule has 1 fully saturated rings. The van der Waals surface area contributed by atoms with Crippen molar-refractivity contribution < 1.29 is 13.9 Å². The summed E-state index contributed by atoms with van der Waals surface area (Å²) >= 11 is 0. The molecule has 4 nitrogen and oxygen atoms in total. The normalized spacial score (nSPS) is 15.6. The molecular weight excluding hydrogens is 271 g/mol. The fraction of sp³-hybridized carbons (Fsp3) is 0.562. The van der Waals surface area contributed by atoms with Gasteiger partial charge in [-0.25, -0.2) is 4.39 Å². The van der Waals surface area contributed by atoms with Crippen molar-refractivity contribution in [1.82, 2.24) is 4.90 Å². The Hall–Kier alpha value is -1.62. The van der Waals surface area contributed by atoms with E-state index in [1.165, 1.54) is 13.2 Å². The number of carbonyl (C=O) groups is 1. The van der Waals surface area contributed by atoms with E-state index in [4.69, 9.17) is 10.5 Å². The zero-order valence-electron chi connectivity index (χ0n) is 12.6. The lowest BCUT2D eigenvalue weighted by molar-refractivity contribution is -0.132. The minimum absolute atomic E-state index is 0.0353. The Morgan fingerprint density at radius 2 is 2.24 bits per heavy atom. The molecule has 0 saturated heterocycles. The number of nitrogens with zero attached hydrogens (tertiary/aromatic N) is 1. The molecule has 2 rings (SSSR count). The number of amides is 1. The van der Waals surface area contributed by atoms with Crippen LogP contribution in [0.3, 0.4) is 0 Å². The first-order chi connectivity index (χ1) is 10.0. The molecule has 5 heteroatoms. The van der Waals surface area contributed by atoms with E-state index in [-0.39, 0.29) is 17.7 Å². The van der Waals surface area contributed by atoms with E-state index in [1.54, 1.807) is 17.0 Å². The largest absolute Gasteiger partial charge is 0.494 e. The van der Waals surface area contributed by atoms with Crippen LogP contribution in [-0.2, 0) is 11.3 Å². The smallest absolute Gasteiger partial charge is 0.224 e. The van der Waals surface area contributed by atoms with Crippen molar-refractivity contribution in [3.05, 3.63) is 29.6 Å². The molecule has 0 radical (unpaired) electrons. The molecule has 0 aromatic heterocycles. The first-order valence-corrected chi connectivity index (χ1v) is 7.41. The number of rotatable bonds is 7. The Morgan fingerprint density at radius 3 is 2.76 bits per heavy atom. The predicted molar refractivity (Wildman–Crippen MR) is 79.4 cm³/mol. The summed E-state index contributed by atoms with van der Waals surface area (Å²) in [5.74, 6) is 0.344. The number of halogens is 1. The number of benzene rings is 1. The molecule has 1 atom stereocenters. The van der Waals surface area contributed by atoms with Gasteiger partial charge in [-0.3, -0.25) is 4.79 Å². The SMILES string of the molecule is CCN(Cc1ccc(OC)c(F)c1)C(=O)CC(N)C1CC1. The maximum atomic E-state index is 13.7. The van der Waals surface area contributed by atoms with Crippen molar-refractivity contribution in [2.45, 2.75) is 38.8 Å². The lowest BCUT2D eigenvalue weighted by Crippen LogP contribution is -2.36. The van der Waals surface area contributed by atoms with Gasteiger partial charge in [-0.15, -0.1) is 0 Å². The minimum atomic E-state index is -0.409. The molecule has 0 aliphatic heterocycles. The van der Waals surface area contributed by atoms with Crippen LogP contribution in [0.25, 0.3) is 0 Å². The molecule has 1 aliphatic carbocycles. The summed E-state index contributed by atoms with van der Waals surface area (Å²) in [6, 6.07) is 4.73. The number of hydrogen-bond acceptors (Lipinski definition) is 3. The third-order valence-electron chi connectivity index (χ3n) is 3.96. The average molecular weight is 294 g/mol. The molecule has 21 heavy (non-hydrogen) atoms. The molecule has 116 valence electrons. The van der Waals surface area contributed by atoms with E-state index < -0.39 is 5.82 Å². The quantitative estimate of drug-likeness (QED) is 0.839. The fourth-order valence-electron chi connectivity index (χ4n) is 2.43. The molecule has 1 aliphatic rings. The number of hydrogen-bond donors (Lipinski definition) is 1. The molecular formula is C16H23FN2O2. The third kappa shape index (κ3) is 4.17. The summed E-state index contributed by atoms with van der Waals surface area (Å²) in [5, 5.41) is 0. The van der Waals surface area contributed by atoms with Gasteiger partial charge in [0.1, 0.15) is 0 Å². The van der Waals surface area contributed by atoms with Gasteiger partial charge < -0.3 is 15.4 Å². The molecule has 1 saturated carbocycles. The monoisotopic (exact) mass is 294 g/mol. The van der Waals surface area contributed by atoms with Gasteiger partial charge in [0.05, 0.1) is 7.11 Å². The summed E-state index contributed by atoms with van der Waals surface area (Å²) < 4.78 is 18.6. The van der Waals surface area contributed by atoms with Crippen LogP contribution in [0.4, 0.5) is 4.39 Å². The number of carbonyl (C=O) groups excluding carboxylic acids is 1. The molecule has 2 N–H and O–H groups in total. The lowest BCUT2D eigenvalue weighted by Gasteiger charge is -2.23. The van der Waals surface area contributed by atoms with Gasteiger partial charge >= 0.3 is 0 Å². The van der Waals surface area contributed by atoms with E-state index in [0.29, 0.717) is 25.4 Å². The molecule has 1 aromatic carbocycles. The van der Waals surface area contributed by atoms with Crippen LogP contribution in [0, 0.1) is 11.7 Å². The first kappa shape index (κ1) is 15.8. The van der Waals surface area contributed by atoms with Gasteiger partial charge in [0.2, 0.25) is 5.91 Å². The molecule has 1 aromatic rings. The highest BCUT2D eigenvalue weighted by molar-refractivity contribution is 5.76. The minimum Gasteiger partial charge on any atom is -0.494 e. The Labute approximate surface area is 125 Å². The predicted octanol–water partition coefficient (Wildman–Crippen LogP) is 2.31. The topological polar surface area (TPSA) is 55.6 Å². The van der Waals surface area contributed by atoms with Gasteiger partial charge in [-0.05, 0) is 43.4 Å². The standard InChI is InChI=1S/C16H23FN2O2/c1-3-19(16(20)9-14(18)12-5-6-12)10-11-4-7-15(21-2)13(17)8-11/h4,7-8,12,14H,3,5-6,9-10,18H2,1-2H3. The average Bonchev–Trinajstić information content (AvgIpc) is 3.29. The van der Waals surface area contributed by atoms with Gasteiger partial charge in [-0.2, -0.15) is 0 Å². The second-order valence-corrected chi connectivity index (χ2v) is 5.58. The number of ether oxygens (including phenoxy) is 1. The molecule has 0 spiro atoms. The summed E-state index contributed by atoms with van der Waals surface area (Å²) in [6.45, 7) is 2.90. The highest BCUT2D eigenvalue weighted by atomic mass is 19.1. The Kier molecular flexibility index (Phi) is 5.17. The van der Waals surface area contributed by atoms with Crippen LogP contribution in [-0.4, -0.2) is 30.5 Å². The molecule has 0 bridgehead atoms. The second kappa shape index (κ2) is 6.89. The Bertz CT molecular complexity index is 503. The van der Waals surface area contributed by atoms with Gasteiger partial charge in [0.15, 0.2) is 11.6 Å². The lowest BCUT2D eigenvalue weighted by atomic mass is 10.1. The van der Waals surface area contributed by atoms with Gasteiger partial charge in [-0.1, -0.05) is 6.07 Å². The van der Waals surface area contributed by atoms with Crippen LogP contribution < -0.4 is 10.5 Å². The Balaban J connectivity index is 1.97. The van der Waals surface area contributed by atoms with Crippen molar-refractivity contribution >= 4 is 5.91 Å². The highest BCUT2D eigenvalue weighted by Crippen LogP contribution is 2.33. The van der Waals surface area contributed by atoms with Gasteiger partial charge in [0, 0.05) is 25.6 Å². The molecule has 1 amide bonds. The summed E-state index contributed by atoms with van der Waals surface area (Å²) in [5.41, 5.74) is 6.76. The van der Waals surface area contributed by atoms with E-state index in [1.807, 2.05) is 6.92 Å². The third-order valence-corrected chi connectivity index (χ3v) is 3.96. The van der Waals surface area contributed by atoms with E-state index >= 15 is 0 Å². The van der Waals surface area contributed by atoms with E-state index in [2.05, 4.69) is 0 Å². The van der Waals surface area contributed by atoms with Crippen LogP contribution in [0.5, 0.6) is 5.75 Å².